The quantitative estimate of drug-likeness (QED) is 0.501. The molecule has 0 amide bonds. The molecule has 0 saturated heterocycles. The van der Waals surface area contributed by atoms with Crippen LogP contribution in [0, 0.1) is 0 Å². The van der Waals surface area contributed by atoms with Crippen LogP contribution >= 0.6 is 12.6 Å². The summed E-state index contributed by atoms with van der Waals surface area (Å²) >= 11 is 4.76. The van der Waals surface area contributed by atoms with Gasteiger partial charge in [-0.15, -0.1) is 0 Å². The van der Waals surface area contributed by atoms with E-state index in [4.69, 9.17) is 17.6 Å². The van der Waals surface area contributed by atoms with Crippen molar-refractivity contribution in [2.75, 3.05) is 0 Å². The number of hydrogen-bond donors (Lipinski definition) is 2. The molecule has 0 bridgehead atoms. The Balaban J connectivity index is 1.67. The number of aryl methyl sites for hydroxylation is 1. The number of thiol groups is 1. The van der Waals surface area contributed by atoms with E-state index in [1.54, 1.807) is 12.7 Å². The molecule has 2 aromatic carbocycles. The van der Waals surface area contributed by atoms with Crippen molar-refractivity contribution in [1.82, 2.24) is 24.7 Å². The molecule has 1 atom stereocenters. The Hall–Kier alpha value is -2.86. The van der Waals surface area contributed by atoms with E-state index in [0.717, 1.165) is 41.3 Å². The first-order valence-electron chi connectivity index (χ1n) is 8.52. The van der Waals surface area contributed by atoms with Crippen LogP contribution in [0.4, 0.5) is 0 Å². The fourth-order valence-corrected chi connectivity index (χ4v) is 3.15. The molecule has 26 heavy (non-hydrogen) atoms. The van der Waals surface area contributed by atoms with Crippen LogP contribution < -0.4 is 0 Å². The number of hydrogen-bond acceptors (Lipinski definition) is 4. The molecule has 0 aliphatic heterocycles. The minimum absolute atomic E-state index is 0.0147. The number of rotatable bonds is 6. The van der Waals surface area contributed by atoms with Crippen molar-refractivity contribution in [2.45, 2.75) is 18.2 Å². The van der Waals surface area contributed by atoms with Gasteiger partial charge in [0, 0.05) is 17.7 Å². The average Bonchev–Trinajstić information content (AvgIpc) is 3.37. The number of imidazole rings is 1. The monoisotopic (exact) mass is 361 g/mol. The maximum absolute atomic E-state index is 4.88. The number of nitrogens with one attached hydrogen (secondary N) is 1. The number of aromatic amines is 1. The summed E-state index contributed by atoms with van der Waals surface area (Å²) in [5, 5.41) is 4.13. The first-order valence-corrected chi connectivity index (χ1v) is 9.04. The van der Waals surface area contributed by atoms with Crippen molar-refractivity contribution in [3.05, 3.63) is 79.1 Å². The molecule has 1 unspecified atom stereocenters. The lowest BCUT2D eigenvalue weighted by molar-refractivity contribution is 0.567. The van der Waals surface area contributed by atoms with Gasteiger partial charge in [0.25, 0.3) is 0 Å². The third-order valence-electron chi connectivity index (χ3n) is 4.25. The van der Waals surface area contributed by atoms with Gasteiger partial charge >= 0.3 is 0 Å². The minimum Gasteiger partial charge on any atom is -0.341 e. The molecule has 0 spiro atoms. The molecule has 5 nitrogen and oxygen atoms in total. The van der Waals surface area contributed by atoms with Crippen LogP contribution in [0.2, 0.25) is 0 Å². The first-order chi connectivity index (χ1) is 12.8. The van der Waals surface area contributed by atoms with E-state index >= 15 is 0 Å². The summed E-state index contributed by atoms with van der Waals surface area (Å²) in [4.78, 5) is 12.3. The van der Waals surface area contributed by atoms with Crippen molar-refractivity contribution < 1.29 is 0 Å². The molecule has 0 radical (unpaired) electrons. The second-order valence-electron chi connectivity index (χ2n) is 6.04. The van der Waals surface area contributed by atoms with Gasteiger partial charge in [-0.1, -0.05) is 60.7 Å². The summed E-state index contributed by atoms with van der Waals surface area (Å²) in [5.74, 6) is 0.867. The molecule has 4 rings (SSSR count). The summed E-state index contributed by atoms with van der Waals surface area (Å²) in [6.07, 6.45) is 4.07. The van der Waals surface area contributed by atoms with E-state index in [-0.39, 0.29) is 5.25 Å². The number of benzene rings is 2. The van der Waals surface area contributed by atoms with Crippen LogP contribution in [0.1, 0.15) is 17.5 Å². The fraction of sp³-hybridized carbons (Fsp3) is 0.150. The van der Waals surface area contributed by atoms with Crippen molar-refractivity contribution in [1.29, 1.82) is 0 Å². The lowest BCUT2D eigenvalue weighted by Crippen LogP contribution is -2.03. The Kier molecular flexibility index (Phi) is 4.84. The normalized spacial score (nSPS) is 12.2. The van der Waals surface area contributed by atoms with Gasteiger partial charge in [0.05, 0.1) is 16.6 Å². The molecule has 6 heteroatoms. The second-order valence-corrected chi connectivity index (χ2v) is 6.66. The molecule has 0 aliphatic carbocycles. The third-order valence-corrected chi connectivity index (χ3v) is 4.75. The van der Waals surface area contributed by atoms with E-state index in [1.807, 2.05) is 41.1 Å². The van der Waals surface area contributed by atoms with Crippen LogP contribution in [0.15, 0.2) is 73.3 Å². The average molecular weight is 361 g/mol. The lowest BCUT2D eigenvalue weighted by Gasteiger charge is -2.07. The zero-order valence-electron chi connectivity index (χ0n) is 14.2. The van der Waals surface area contributed by atoms with Crippen molar-refractivity contribution in [3.63, 3.8) is 0 Å². The first kappa shape index (κ1) is 16.6. The van der Waals surface area contributed by atoms with Crippen LogP contribution in [0.25, 0.3) is 22.5 Å². The second kappa shape index (κ2) is 7.58. The molecular formula is C20H19N5S. The Morgan fingerprint density at radius 3 is 2.31 bits per heavy atom. The maximum Gasteiger partial charge on any atom is 0.137 e. The topological polar surface area (TPSA) is 59.4 Å². The zero-order valence-corrected chi connectivity index (χ0v) is 15.1. The Morgan fingerprint density at radius 2 is 1.65 bits per heavy atom. The van der Waals surface area contributed by atoms with Gasteiger partial charge in [0.2, 0.25) is 0 Å². The number of nitrogens with zero attached hydrogens (tertiary/aromatic N) is 4. The predicted molar refractivity (Wildman–Crippen MR) is 106 cm³/mol. The highest BCUT2D eigenvalue weighted by atomic mass is 32.1. The van der Waals surface area contributed by atoms with Crippen LogP contribution in [0.5, 0.6) is 0 Å². The molecule has 0 fully saturated rings. The van der Waals surface area contributed by atoms with Crippen molar-refractivity contribution in [2.24, 2.45) is 0 Å². The fourth-order valence-electron chi connectivity index (χ4n) is 2.91. The van der Waals surface area contributed by atoms with E-state index in [0.29, 0.717) is 0 Å². The molecule has 2 heterocycles. The van der Waals surface area contributed by atoms with Gasteiger partial charge < -0.3 is 4.98 Å². The molecule has 4 aromatic rings. The van der Waals surface area contributed by atoms with E-state index in [2.05, 4.69) is 39.3 Å². The van der Waals surface area contributed by atoms with Gasteiger partial charge in [-0.2, -0.15) is 17.7 Å². The van der Waals surface area contributed by atoms with Crippen LogP contribution in [0.3, 0.4) is 0 Å². The minimum atomic E-state index is -0.0147. The lowest BCUT2D eigenvalue weighted by atomic mass is 10.1. The zero-order chi connectivity index (χ0) is 17.8. The van der Waals surface area contributed by atoms with Crippen molar-refractivity contribution in [3.8, 4) is 22.5 Å². The molecule has 0 aliphatic rings. The third kappa shape index (κ3) is 3.55. The summed E-state index contributed by atoms with van der Waals surface area (Å²) in [6.45, 7) is 0.746. The Morgan fingerprint density at radius 1 is 0.962 bits per heavy atom. The standard InChI is InChI=1S/C20H19N5S/c26-17(11-12-25-14-21-13-22-25)20-23-18(15-7-3-1-4-8-15)19(24-20)16-9-5-2-6-10-16/h1-10,13-14,17,26H,11-12H2,(H,23,24). The van der Waals surface area contributed by atoms with Crippen LogP contribution in [-0.2, 0) is 6.54 Å². The Labute approximate surface area is 157 Å². The van der Waals surface area contributed by atoms with Gasteiger partial charge in [0.15, 0.2) is 0 Å². The highest BCUT2D eigenvalue weighted by Crippen LogP contribution is 2.33. The summed E-state index contributed by atoms with van der Waals surface area (Å²) in [6, 6.07) is 20.5. The molecule has 0 saturated carbocycles. The van der Waals surface area contributed by atoms with E-state index < -0.39 is 0 Å². The smallest absolute Gasteiger partial charge is 0.137 e. The molecule has 1 N–H and O–H groups in total. The highest BCUT2D eigenvalue weighted by Gasteiger charge is 2.18. The summed E-state index contributed by atoms with van der Waals surface area (Å²) < 4.78 is 1.81. The van der Waals surface area contributed by atoms with Crippen LogP contribution in [-0.4, -0.2) is 24.7 Å². The van der Waals surface area contributed by atoms with Gasteiger partial charge in [-0.25, -0.2) is 9.97 Å². The Bertz CT molecular complexity index is 892. The van der Waals surface area contributed by atoms with Gasteiger partial charge in [-0.3, -0.25) is 4.68 Å². The number of H-pyrrole nitrogens is 1. The predicted octanol–water partition coefficient (Wildman–Crippen LogP) is 4.40. The van der Waals surface area contributed by atoms with Crippen molar-refractivity contribution >= 4 is 12.6 Å². The maximum atomic E-state index is 4.88. The molecular weight excluding hydrogens is 342 g/mol. The highest BCUT2D eigenvalue weighted by molar-refractivity contribution is 7.80. The SMILES string of the molecule is SC(CCn1cncn1)c1nc(-c2ccccc2)c(-c2ccccc2)[nH]1. The molecule has 130 valence electrons. The summed E-state index contributed by atoms with van der Waals surface area (Å²) in [7, 11) is 0. The molecule has 2 aromatic heterocycles. The van der Waals surface area contributed by atoms with Gasteiger partial charge in [-0.05, 0) is 6.42 Å². The van der Waals surface area contributed by atoms with Gasteiger partial charge in [0.1, 0.15) is 18.5 Å². The van der Waals surface area contributed by atoms with E-state index in [1.165, 1.54) is 0 Å². The number of aromatic nitrogens is 5. The van der Waals surface area contributed by atoms with E-state index in [9.17, 15) is 0 Å². The summed E-state index contributed by atoms with van der Waals surface area (Å²) in [5.41, 5.74) is 4.17. The largest absolute Gasteiger partial charge is 0.341 e.